The highest BCUT2D eigenvalue weighted by atomic mass is 28.3. The van der Waals surface area contributed by atoms with E-state index in [1.807, 2.05) is 0 Å². The summed E-state index contributed by atoms with van der Waals surface area (Å²) in [6, 6.07) is 1.51. The molecule has 0 saturated carbocycles. The van der Waals surface area contributed by atoms with Crippen LogP contribution in [0.3, 0.4) is 0 Å². The number of hydrogen-bond donors (Lipinski definition) is 0. The van der Waals surface area contributed by atoms with E-state index >= 15 is 0 Å². The Morgan fingerprint density at radius 3 is 1.89 bits per heavy atom. The van der Waals surface area contributed by atoms with E-state index in [4.69, 9.17) is 0 Å². The summed E-state index contributed by atoms with van der Waals surface area (Å²) in [5, 5.41) is 0. The Morgan fingerprint density at radius 2 is 1.56 bits per heavy atom. The minimum Gasteiger partial charge on any atom is -0.0695 e. The van der Waals surface area contributed by atoms with Gasteiger partial charge in [0.15, 0.2) is 0 Å². The minimum atomic E-state index is -0.694. The van der Waals surface area contributed by atoms with E-state index in [0.717, 1.165) is 0 Å². The molecule has 0 amide bonds. The topological polar surface area (TPSA) is 0 Å². The summed E-state index contributed by atoms with van der Waals surface area (Å²) in [5.74, 6) is 0. The molecule has 56 valence electrons. The van der Waals surface area contributed by atoms with Crippen LogP contribution in [0.4, 0.5) is 0 Å². The zero-order chi connectivity index (χ0) is 7.33. The summed E-state index contributed by atoms with van der Waals surface area (Å²) in [4.78, 5) is 0. The molecule has 0 radical (unpaired) electrons. The molecule has 0 fully saturated rings. The average molecular weight is 144 g/mol. The smallest absolute Gasteiger partial charge is 0.0442 e. The van der Waals surface area contributed by atoms with Gasteiger partial charge in [0, 0.05) is 8.07 Å². The van der Waals surface area contributed by atoms with Crippen LogP contribution in [-0.4, -0.2) is 8.07 Å². The van der Waals surface area contributed by atoms with Crippen molar-refractivity contribution in [1.29, 1.82) is 0 Å². The van der Waals surface area contributed by atoms with E-state index in [9.17, 15) is 0 Å². The summed E-state index contributed by atoms with van der Waals surface area (Å²) < 4.78 is 0. The Labute approximate surface area is 60.7 Å². The predicted molar refractivity (Wildman–Crippen MR) is 47.7 cm³/mol. The first-order valence-corrected chi connectivity index (χ1v) is 7.77. The van der Waals surface area contributed by atoms with E-state index in [1.54, 1.807) is 0 Å². The Balaban J connectivity index is 3.07. The standard InChI is InChI=1S/C8H20Si/c1-5-6-7-8-9(2,3)4/h5-8H2,1-4H3. The van der Waals surface area contributed by atoms with Gasteiger partial charge in [-0.2, -0.15) is 0 Å². The maximum atomic E-state index is 2.45. The minimum absolute atomic E-state index is 0.694. The molecule has 0 unspecified atom stereocenters. The van der Waals surface area contributed by atoms with Gasteiger partial charge in [-0.05, 0) is 0 Å². The molecule has 1 heteroatoms. The second-order valence-electron chi connectivity index (χ2n) is 4.02. The Morgan fingerprint density at radius 1 is 1.00 bits per heavy atom. The molecule has 0 nitrogen and oxygen atoms in total. The molecule has 0 spiro atoms. The average Bonchev–Trinajstić information content (AvgIpc) is 1.63. The van der Waals surface area contributed by atoms with Gasteiger partial charge in [-0.15, -0.1) is 0 Å². The summed E-state index contributed by atoms with van der Waals surface area (Å²) >= 11 is 0. The lowest BCUT2D eigenvalue weighted by Crippen LogP contribution is -2.18. The van der Waals surface area contributed by atoms with Gasteiger partial charge in [0.25, 0.3) is 0 Å². The van der Waals surface area contributed by atoms with Gasteiger partial charge in [-0.3, -0.25) is 0 Å². The summed E-state index contributed by atoms with van der Waals surface area (Å²) in [5.41, 5.74) is 0. The third kappa shape index (κ3) is 8.22. The van der Waals surface area contributed by atoms with Gasteiger partial charge in [0.05, 0.1) is 0 Å². The van der Waals surface area contributed by atoms with Gasteiger partial charge in [-0.1, -0.05) is 51.9 Å². The third-order valence-electron chi connectivity index (χ3n) is 1.53. The largest absolute Gasteiger partial charge is 0.0695 e. The van der Waals surface area contributed by atoms with Crippen molar-refractivity contribution >= 4 is 8.07 Å². The Bertz CT molecular complexity index is 61.5. The molecular formula is C8H20Si. The van der Waals surface area contributed by atoms with Crippen molar-refractivity contribution in [3.63, 3.8) is 0 Å². The van der Waals surface area contributed by atoms with E-state index in [0.29, 0.717) is 0 Å². The lowest BCUT2D eigenvalue weighted by Gasteiger charge is -2.14. The van der Waals surface area contributed by atoms with Gasteiger partial charge in [0.2, 0.25) is 0 Å². The fourth-order valence-corrected chi connectivity index (χ4v) is 2.22. The van der Waals surface area contributed by atoms with Crippen LogP contribution in [0.5, 0.6) is 0 Å². The summed E-state index contributed by atoms with van der Waals surface area (Å²) in [7, 11) is -0.694. The molecule has 0 saturated heterocycles. The van der Waals surface area contributed by atoms with Crippen LogP contribution in [0.2, 0.25) is 25.7 Å². The maximum Gasteiger partial charge on any atom is 0.0442 e. The molecule has 0 N–H and O–H groups in total. The van der Waals surface area contributed by atoms with Crippen LogP contribution < -0.4 is 0 Å². The van der Waals surface area contributed by atoms with Crippen LogP contribution in [0.1, 0.15) is 26.2 Å². The zero-order valence-corrected chi connectivity index (χ0v) is 8.33. The van der Waals surface area contributed by atoms with Crippen molar-refractivity contribution in [1.82, 2.24) is 0 Å². The number of unbranched alkanes of at least 4 members (excludes halogenated alkanes) is 2. The van der Waals surface area contributed by atoms with Crippen LogP contribution in [-0.2, 0) is 0 Å². The van der Waals surface area contributed by atoms with Crippen LogP contribution in [0.15, 0.2) is 0 Å². The van der Waals surface area contributed by atoms with Crippen molar-refractivity contribution in [2.75, 3.05) is 0 Å². The monoisotopic (exact) mass is 144 g/mol. The normalized spacial score (nSPS) is 12.0. The van der Waals surface area contributed by atoms with Crippen molar-refractivity contribution < 1.29 is 0 Å². The van der Waals surface area contributed by atoms with Crippen LogP contribution in [0, 0.1) is 0 Å². The number of hydrogen-bond acceptors (Lipinski definition) is 0. The lowest BCUT2D eigenvalue weighted by atomic mass is 10.3. The second-order valence-corrected chi connectivity index (χ2v) is 9.64. The van der Waals surface area contributed by atoms with Crippen LogP contribution >= 0.6 is 0 Å². The van der Waals surface area contributed by atoms with E-state index < -0.39 is 8.07 Å². The highest BCUT2D eigenvalue weighted by Crippen LogP contribution is 2.13. The van der Waals surface area contributed by atoms with Crippen molar-refractivity contribution in [2.45, 2.75) is 51.9 Å². The fraction of sp³-hybridized carbons (Fsp3) is 1.00. The number of rotatable bonds is 4. The molecular weight excluding hydrogens is 124 g/mol. The molecule has 0 aromatic carbocycles. The molecule has 0 atom stereocenters. The molecule has 9 heavy (non-hydrogen) atoms. The molecule has 0 aromatic rings. The van der Waals surface area contributed by atoms with E-state index in [-0.39, 0.29) is 0 Å². The Kier molecular flexibility index (Phi) is 4.20. The third-order valence-corrected chi connectivity index (χ3v) is 3.38. The maximum absolute atomic E-state index is 2.45. The summed E-state index contributed by atoms with van der Waals surface area (Å²) in [6.07, 6.45) is 4.26. The second kappa shape index (κ2) is 4.10. The highest BCUT2D eigenvalue weighted by Gasteiger charge is 2.10. The van der Waals surface area contributed by atoms with Gasteiger partial charge in [-0.25, -0.2) is 0 Å². The molecule has 0 aliphatic carbocycles. The van der Waals surface area contributed by atoms with Crippen LogP contribution in [0.25, 0.3) is 0 Å². The first-order chi connectivity index (χ1) is 4.06. The molecule has 0 aliphatic heterocycles. The zero-order valence-electron chi connectivity index (χ0n) is 7.33. The van der Waals surface area contributed by atoms with Gasteiger partial charge in [0.1, 0.15) is 0 Å². The van der Waals surface area contributed by atoms with Crippen molar-refractivity contribution in [2.24, 2.45) is 0 Å². The predicted octanol–water partition coefficient (Wildman–Crippen LogP) is 3.51. The van der Waals surface area contributed by atoms with Gasteiger partial charge >= 0.3 is 0 Å². The quantitative estimate of drug-likeness (QED) is 0.418. The van der Waals surface area contributed by atoms with E-state index in [2.05, 4.69) is 26.6 Å². The Hall–Kier alpha value is 0.217. The van der Waals surface area contributed by atoms with Crippen molar-refractivity contribution in [3.05, 3.63) is 0 Å². The van der Waals surface area contributed by atoms with E-state index in [1.165, 1.54) is 25.3 Å². The summed E-state index contributed by atoms with van der Waals surface area (Å²) in [6.45, 7) is 9.61. The molecule has 0 rings (SSSR count). The lowest BCUT2D eigenvalue weighted by molar-refractivity contribution is 0.763. The highest BCUT2D eigenvalue weighted by molar-refractivity contribution is 6.76. The molecule has 0 bridgehead atoms. The van der Waals surface area contributed by atoms with Gasteiger partial charge < -0.3 is 0 Å². The SMILES string of the molecule is CCCCC[Si](C)(C)C. The molecule has 0 aromatic heterocycles. The first kappa shape index (κ1) is 9.22. The molecule has 0 aliphatic rings. The molecule has 0 heterocycles. The first-order valence-electron chi connectivity index (χ1n) is 4.06. The van der Waals surface area contributed by atoms with Crippen molar-refractivity contribution in [3.8, 4) is 0 Å². The fourth-order valence-electron chi connectivity index (χ4n) is 0.905.